The Morgan fingerprint density at radius 1 is 1.16 bits per heavy atom. The Bertz CT molecular complexity index is 312. The maximum Gasteiger partial charge on any atom is 0.240 e. The van der Waals surface area contributed by atoms with E-state index in [1.54, 1.807) is 4.90 Å². The number of rotatable bonds is 6. The Morgan fingerprint density at radius 3 is 2.21 bits per heavy atom. The molecule has 0 saturated carbocycles. The standard InChI is InChI=1S/C13H26N4O2/c1-10(2)3-4-16-5-7-17(8-6-16)13(19)11(14)9-12(15)18/h10-11H,3-9,14H2,1-2H3,(H2,15,18). The van der Waals surface area contributed by atoms with E-state index in [0.29, 0.717) is 19.0 Å². The van der Waals surface area contributed by atoms with Crippen LogP contribution in [-0.2, 0) is 9.59 Å². The van der Waals surface area contributed by atoms with E-state index >= 15 is 0 Å². The van der Waals surface area contributed by atoms with Crippen molar-refractivity contribution in [3.8, 4) is 0 Å². The monoisotopic (exact) mass is 270 g/mol. The van der Waals surface area contributed by atoms with Crippen LogP contribution in [0.25, 0.3) is 0 Å². The summed E-state index contributed by atoms with van der Waals surface area (Å²) < 4.78 is 0. The Labute approximate surface area is 115 Å². The molecule has 1 heterocycles. The molecule has 0 bridgehead atoms. The van der Waals surface area contributed by atoms with Gasteiger partial charge in [-0.25, -0.2) is 0 Å². The van der Waals surface area contributed by atoms with Crippen LogP contribution < -0.4 is 11.5 Å². The fraction of sp³-hybridized carbons (Fsp3) is 0.846. The Kier molecular flexibility index (Phi) is 6.24. The van der Waals surface area contributed by atoms with Gasteiger partial charge in [-0.15, -0.1) is 0 Å². The molecule has 0 aromatic carbocycles. The zero-order valence-electron chi connectivity index (χ0n) is 12.0. The molecule has 6 heteroatoms. The molecule has 0 aromatic heterocycles. The van der Waals surface area contributed by atoms with E-state index < -0.39 is 11.9 Å². The summed E-state index contributed by atoms with van der Waals surface area (Å²) in [4.78, 5) is 26.8. The number of hydrogen-bond donors (Lipinski definition) is 2. The number of amides is 2. The van der Waals surface area contributed by atoms with Crippen LogP contribution in [0.4, 0.5) is 0 Å². The van der Waals surface area contributed by atoms with Gasteiger partial charge in [0.05, 0.1) is 12.5 Å². The van der Waals surface area contributed by atoms with Crippen molar-refractivity contribution in [2.24, 2.45) is 17.4 Å². The highest BCUT2D eigenvalue weighted by Gasteiger charge is 2.25. The van der Waals surface area contributed by atoms with Crippen molar-refractivity contribution in [1.82, 2.24) is 9.80 Å². The average Bonchev–Trinajstić information content (AvgIpc) is 2.35. The first-order valence-corrected chi connectivity index (χ1v) is 6.95. The number of carbonyl (C=O) groups is 2. The predicted molar refractivity (Wildman–Crippen MR) is 74.3 cm³/mol. The lowest BCUT2D eigenvalue weighted by molar-refractivity contribution is -0.136. The van der Waals surface area contributed by atoms with Crippen LogP contribution in [0, 0.1) is 5.92 Å². The van der Waals surface area contributed by atoms with Crippen molar-refractivity contribution in [3.05, 3.63) is 0 Å². The average molecular weight is 270 g/mol. The van der Waals surface area contributed by atoms with Gasteiger partial charge in [-0.1, -0.05) is 13.8 Å². The summed E-state index contributed by atoms with van der Waals surface area (Å²) in [5, 5.41) is 0. The second kappa shape index (κ2) is 7.45. The Hall–Kier alpha value is -1.14. The van der Waals surface area contributed by atoms with E-state index in [-0.39, 0.29) is 12.3 Å². The van der Waals surface area contributed by atoms with Gasteiger partial charge in [-0.05, 0) is 18.9 Å². The van der Waals surface area contributed by atoms with Gasteiger partial charge in [0, 0.05) is 26.2 Å². The smallest absolute Gasteiger partial charge is 0.240 e. The van der Waals surface area contributed by atoms with E-state index in [1.807, 2.05) is 0 Å². The third-order valence-corrected chi connectivity index (χ3v) is 3.44. The van der Waals surface area contributed by atoms with Crippen LogP contribution in [-0.4, -0.2) is 60.4 Å². The minimum atomic E-state index is -0.792. The fourth-order valence-corrected chi connectivity index (χ4v) is 2.17. The van der Waals surface area contributed by atoms with Crippen LogP contribution in [0.3, 0.4) is 0 Å². The van der Waals surface area contributed by atoms with Gasteiger partial charge in [0.25, 0.3) is 0 Å². The number of primary amides is 1. The molecule has 1 unspecified atom stereocenters. The fourth-order valence-electron chi connectivity index (χ4n) is 2.17. The highest BCUT2D eigenvalue weighted by Crippen LogP contribution is 2.08. The number of piperazine rings is 1. The maximum absolute atomic E-state index is 12.0. The molecule has 1 saturated heterocycles. The van der Waals surface area contributed by atoms with Crippen LogP contribution in [0.2, 0.25) is 0 Å². The zero-order chi connectivity index (χ0) is 14.4. The molecular formula is C13H26N4O2. The lowest BCUT2D eigenvalue weighted by Gasteiger charge is -2.36. The van der Waals surface area contributed by atoms with Crippen molar-refractivity contribution in [2.45, 2.75) is 32.7 Å². The third kappa shape index (κ3) is 5.57. The molecule has 19 heavy (non-hydrogen) atoms. The molecule has 0 aromatic rings. The van der Waals surface area contributed by atoms with Crippen LogP contribution >= 0.6 is 0 Å². The van der Waals surface area contributed by atoms with Gasteiger partial charge in [0.1, 0.15) is 0 Å². The molecular weight excluding hydrogens is 244 g/mol. The minimum Gasteiger partial charge on any atom is -0.370 e. The van der Waals surface area contributed by atoms with Crippen molar-refractivity contribution < 1.29 is 9.59 Å². The molecule has 1 fully saturated rings. The highest BCUT2D eigenvalue weighted by atomic mass is 16.2. The third-order valence-electron chi connectivity index (χ3n) is 3.44. The summed E-state index contributed by atoms with van der Waals surface area (Å²) in [5.41, 5.74) is 10.7. The maximum atomic E-state index is 12.0. The number of nitrogens with zero attached hydrogens (tertiary/aromatic N) is 2. The summed E-state index contributed by atoms with van der Waals surface area (Å²) in [5.74, 6) is 0.00220. The van der Waals surface area contributed by atoms with E-state index in [2.05, 4.69) is 18.7 Å². The molecule has 0 spiro atoms. The SMILES string of the molecule is CC(C)CCN1CCN(C(=O)C(N)CC(N)=O)CC1. The molecule has 4 N–H and O–H groups in total. The van der Waals surface area contributed by atoms with E-state index in [0.717, 1.165) is 19.6 Å². The van der Waals surface area contributed by atoms with Crippen molar-refractivity contribution >= 4 is 11.8 Å². The molecule has 1 atom stereocenters. The van der Waals surface area contributed by atoms with Crippen molar-refractivity contribution in [1.29, 1.82) is 0 Å². The van der Waals surface area contributed by atoms with E-state index in [9.17, 15) is 9.59 Å². The largest absolute Gasteiger partial charge is 0.370 e. The zero-order valence-corrected chi connectivity index (χ0v) is 12.0. The number of hydrogen-bond acceptors (Lipinski definition) is 4. The summed E-state index contributed by atoms with van der Waals surface area (Å²) in [6, 6.07) is -0.792. The predicted octanol–water partition coefficient (Wildman–Crippen LogP) is -0.621. The molecule has 2 amide bonds. The minimum absolute atomic E-state index is 0.0770. The Balaban J connectivity index is 2.32. The van der Waals surface area contributed by atoms with Gasteiger partial charge in [0.15, 0.2) is 0 Å². The lowest BCUT2D eigenvalue weighted by Crippen LogP contribution is -2.53. The second-order valence-electron chi connectivity index (χ2n) is 5.63. The summed E-state index contributed by atoms with van der Waals surface area (Å²) in [6.07, 6.45) is 1.10. The molecule has 6 nitrogen and oxygen atoms in total. The first-order chi connectivity index (χ1) is 8.90. The van der Waals surface area contributed by atoms with Crippen molar-refractivity contribution in [2.75, 3.05) is 32.7 Å². The molecule has 110 valence electrons. The van der Waals surface area contributed by atoms with E-state index in [4.69, 9.17) is 11.5 Å². The summed E-state index contributed by atoms with van der Waals surface area (Å²) in [7, 11) is 0. The highest BCUT2D eigenvalue weighted by molar-refractivity contribution is 5.87. The second-order valence-corrected chi connectivity index (χ2v) is 5.63. The van der Waals surface area contributed by atoms with E-state index in [1.165, 1.54) is 6.42 Å². The summed E-state index contributed by atoms with van der Waals surface area (Å²) >= 11 is 0. The van der Waals surface area contributed by atoms with Gasteiger partial charge in [-0.3, -0.25) is 14.5 Å². The lowest BCUT2D eigenvalue weighted by atomic mass is 10.1. The topological polar surface area (TPSA) is 92.7 Å². The van der Waals surface area contributed by atoms with Gasteiger partial charge in [-0.2, -0.15) is 0 Å². The van der Waals surface area contributed by atoms with Gasteiger partial charge < -0.3 is 16.4 Å². The molecule has 0 aliphatic carbocycles. The first-order valence-electron chi connectivity index (χ1n) is 6.95. The Morgan fingerprint density at radius 2 is 1.74 bits per heavy atom. The summed E-state index contributed by atoms with van der Waals surface area (Å²) in [6.45, 7) is 8.62. The van der Waals surface area contributed by atoms with Gasteiger partial charge >= 0.3 is 0 Å². The van der Waals surface area contributed by atoms with Crippen LogP contribution in [0.5, 0.6) is 0 Å². The normalized spacial score (nSPS) is 18.6. The molecule has 1 aliphatic rings. The quantitative estimate of drug-likeness (QED) is 0.673. The first kappa shape index (κ1) is 15.9. The van der Waals surface area contributed by atoms with Crippen LogP contribution in [0.1, 0.15) is 26.7 Å². The molecule has 1 aliphatic heterocycles. The van der Waals surface area contributed by atoms with Crippen LogP contribution in [0.15, 0.2) is 0 Å². The number of carbonyl (C=O) groups excluding carboxylic acids is 2. The number of nitrogens with two attached hydrogens (primary N) is 2. The molecule has 0 radical (unpaired) electrons. The molecule has 1 rings (SSSR count). The van der Waals surface area contributed by atoms with Crippen molar-refractivity contribution in [3.63, 3.8) is 0 Å². The van der Waals surface area contributed by atoms with Gasteiger partial charge in [0.2, 0.25) is 11.8 Å².